The molecule has 0 amide bonds. The van der Waals surface area contributed by atoms with E-state index in [-0.39, 0.29) is 0 Å². The summed E-state index contributed by atoms with van der Waals surface area (Å²) in [5.41, 5.74) is 9.16. The molecule has 0 fully saturated rings. The van der Waals surface area contributed by atoms with E-state index in [4.69, 9.17) is 15.2 Å². The summed E-state index contributed by atoms with van der Waals surface area (Å²) < 4.78 is 12.3. The van der Waals surface area contributed by atoms with E-state index in [0.29, 0.717) is 24.9 Å². The molecule has 0 atom stereocenters. The second kappa shape index (κ2) is 9.38. The van der Waals surface area contributed by atoms with E-state index in [0.717, 1.165) is 34.1 Å². The van der Waals surface area contributed by atoms with Crippen LogP contribution >= 0.6 is 0 Å². The Morgan fingerprint density at radius 2 is 1.44 bits per heavy atom. The fourth-order valence-corrected chi connectivity index (χ4v) is 3.46. The zero-order valence-corrected chi connectivity index (χ0v) is 18.4. The average Bonchev–Trinajstić information content (AvgIpc) is 3.17. The molecule has 0 aliphatic heterocycles. The Labute approximate surface area is 187 Å². The molecule has 2 heterocycles. The van der Waals surface area contributed by atoms with E-state index in [1.165, 1.54) is 0 Å². The Bertz CT molecular complexity index is 1120. The molecule has 0 aliphatic rings. The molecule has 164 valence electrons. The van der Waals surface area contributed by atoms with Gasteiger partial charge in [0.2, 0.25) is 5.95 Å². The van der Waals surface area contributed by atoms with Crippen LogP contribution in [0.3, 0.4) is 0 Å². The maximum absolute atomic E-state index is 6.06. The van der Waals surface area contributed by atoms with Gasteiger partial charge in [0.1, 0.15) is 29.5 Å². The highest BCUT2D eigenvalue weighted by atomic mass is 16.5. The molecule has 0 bridgehead atoms. The summed E-state index contributed by atoms with van der Waals surface area (Å²) in [6.45, 7) is 3.21. The topological polar surface area (TPSA) is 91.3 Å². The number of nitrogens with zero attached hydrogens (tertiary/aromatic N) is 5. The van der Waals surface area contributed by atoms with Crippen molar-refractivity contribution in [3.8, 4) is 17.3 Å². The molecule has 4 aromatic rings. The number of benzene rings is 2. The van der Waals surface area contributed by atoms with E-state index >= 15 is 0 Å². The van der Waals surface area contributed by atoms with E-state index < -0.39 is 0 Å². The van der Waals surface area contributed by atoms with E-state index in [2.05, 4.69) is 44.1 Å². The van der Waals surface area contributed by atoms with Crippen LogP contribution in [0.1, 0.15) is 16.8 Å². The molecule has 8 heteroatoms. The lowest BCUT2D eigenvalue weighted by molar-refractivity contribution is 0.414. The van der Waals surface area contributed by atoms with Gasteiger partial charge >= 0.3 is 0 Å². The maximum Gasteiger partial charge on any atom is 0.206 e. The first-order chi connectivity index (χ1) is 15.6. The van der Waals surface area contributed by atoms with Gasteiger partial charge in [-0.15, -0.1) is 0 Å². The van der Waals surface area contributed by atoms with Crippen molar-refractivity contribution in [2.24, 2.45) is 0 Å². The first-order valence-corrected chi connectivity index (χ1v) is 10.2. The van der Waals surface area contributed by atoms with Crippen molar-refractivity contribution < 1.29 is 9.47 Å². The van der Waals surface area contributed by atoms with Crippen LogP contribution in [0.2, 0.25) is 0 Å². The summed E-state index contributed by atoms with van der Waals surface area (Å²) in [6, 6.07) is 18.0. The quantitative estimate of drug-likeness (QED) is 0.455. The molecule has 0 aliphatic carbocycles. The molecule has 0 spiro atoms. The summed E-state index contributed by atoms with van der Waals surface area (Å²) >= 11 is 0. The molecule has 8 nitrogen and oxygen atoms in total. The summed E-state index contributed by atoms with van der Waals surface area (Å²) in [5, 5.41) is 0. The molecular formula is C24H26N6O2. The normalized spacial score (nSPS) is 10.7. The van der Waals surface area contributed by atoms with Gasteiger partial charge in [-0.05, 0) is 42.3 Å². The lowest BCUT2D eigenvalue weighted by Gasteiger charge is -2.24. The second-order valence-corrected chi connectivity index (χ2v) is 7.40. The zero-order chi connectivity index (χ0) is 22.5. The predicted octanol–water partition coefficient (Wildman–Crippen LogP) is 3.78. The third-order valence-corrected chi connectivity index (χ3v) is 5.13. The Hall–Kier alpha value is -4.07. The fourth-order valence-electron chi connectivity index (χ4n) is 3.46. The van der Waals surface area contributed by atoms with Crippen LogP contribution in [0, 0.1) is 6.92 Å². The number of imidazole rings is 1. The monoisotopic (exact) mass is 430 g/mol. The van der Waals surface area contributed by atoms with Gasteiger partial charge in [0.25, 0.3) is 0 Å². The average molecular weight is 431 g/mol. The lowest BCUT2D eigenvalue weighted by Crippen LogP contribution is -2.23. The largest absolute Gasteiger partial charge is 0.497 e. The van der Waals surface area contributed by atoms with Crippen molar-refractivity contribution >= 4 is 11.8 Å². The molecule has 2 aromatic heterocycles. The molecule has 32 heavy (non-hydrogen) atoms. The summed E-state index contributed by atoms with van der Waals surface area (Å²) in [4.78, 5) is 15.4. The smallest absolute Gasteiger partial charge is 0.206 e. The third kappa shape index (κ3) is 4.80. The predicted molar refractivity (Wildman–Crippen MR) is 124 cm³/mol. The Kier molecular flexibility index (Phi) is 6.21. The Morgan fingerprint density at radius 1 is 0.875 bits per heavy atom. The van der Waals surface area contributed by atoms with Gasteiger partial charge in [-0.1, -0.05) is 24.3 Å². The number of nitrogen functional groups attached to an aromatic ring is 1. The van der Waals surface area contributed by atoms with E-state index in [9.17, 15) is 0 Å². The van der Waals surface area contributed by atoms with Crippen molar-refractivity contribution in [2.75, 3.05) is 24.9 Å². The summed E-state index contributed by atoms with van der Waals surface area (Å²) in [5.74, 6) is 3.50. The minimum absolute atomic E-state index is 0.393. The van der Waals surface area contributed by atoms with E-state index in [1.807, 2.05) is 43.5 Å². The standard InChI is InChI=1S/C24H26N6O2/c1-17-13-30(24(25)28-17)23-12-22(26-16-27-23)29(14-18-4-8-20(31-2)9-5-18)15-19-6-10-21(32-3)11-7-19/h4-13,16H,14-15H2,1-3H3,(H2,25,28). The first-order valence-electron chi connectivity index (χ1n) is 10.2. The zero-order valence-electron chi connectivity index (χ0n) is 18.4. The van der Waals surface area contributed by atoms with Crippen molar-refractivity contribution in [3.05, 3.63) is 83.9 Å². The van der Waals surface area contributed by atoms with Crippen LogP contribution in [-0.2, 0) is 13.1 Å². The number of rotatable bonds is 8. The highest BCUT2D eigenvalue weighted by Gasteiger charge is 2.14. The van der Waals surface area contributed by atoms with Crippen LogP contribution in [0.4, 0.5) is 11.8 Å². The molecule has 0 saturated heterocycles. The molecule has 0 radical (unpaired) electrons. The number of anilines is 2. The number of ether oxygens (including phenoxy) is 2. The van der Waals surface area contributed by atoms with Crippen LogP contribution < -0.4 is 20.1 Å². The van der Waals surface area contributed by atoms with Gasteiger partial charge in [0.05, 0.1) is 19.9 Å². The molecule has 2 N–H and O–H groups in total. The maximum atomic E-state index is 6.06. The van der Waals surface area contributed by atoms with Crippen LogP contribution in [0.5, 0.6) is 11.5 Å². The third-order valence-electron chi connectivity index (χ3n) is 5.13. The number of aromatic nitrogens is 4. The molecular weight excluding hydrogens is 404 g/mol. The van der Waals surface area contributed by atoms with E-state index in [1.54, 1.807) is 25.1 Å². The second-order valence-electron chi connectivity index (χ2n) is 7.40. The Morgan fingerprint density at radius 3 is 1.91 bits per heavy atom. The molecule has 0 unspecified atom stereocenters. The minimum atomic E-state index is 0.393. The Balaban J connectivity index is 1.67. The highest BCUT2D eigenvalue weighted by Crippen LogP contribution is 2.23. The number of aryl methyl sites for hydroxylation is 1. The van der Waals surface area contributed by atoms with Crippen LogP contribution in [0.25, 0.3) is 5.82 Å². The van der Waals surface area contributed by atoms with Crippen molar-refractivity contribution in [2.45, 2.75) is 20.0 Å². The minimum Gasteiger partial charge on any atom is -0.497 e. The lowest BCUT2D eigenvalue weighted by atomic mass is 10.1. The van der Waals surface area contributed by atoms with Gasteiger partial charge in [-0.3, -0.25) is 4.57 Å². The summed E-state index contributed by atoms with van der Waals surface area (Å²) in [6.07, 6.45) is 3.41. The molecule has 0 saturated carbocycles. The summed E-state index contributed by atoms with van der Waals surface area (Å²) in [7, 11) is 3.33. The fraction of sp³-hybridized carbons (Fsp3) is 0.208. The number of nitrogens with two attached hydrogens (primary N) is 1. The van der Waals surface area contributed by atoms with Gasteiger partial charge in [0, 0.05) is 25.4 Å². The van der Waals surface area contributed by atoms with Gasteiger partial charge < -0.3 is 20.1 Å². The van der Waals surface area contributed by atoms with Crippen molar-refractivity contribution in [3.63, 3.8) is 0 Å². The van der Waals surface area contributed by atoms with Crippen LogP contribution in [0.15, 0.2) is 67.1 Å². The highest BCUT2D eigenvalue weighted by molar-refractivity contribution is 5.48. The van der Waals surface area contributed by atoms with Gasteiger partial charge in [0.15, 0.2) is 0 Å². The van der Waals surface area contributed by atoms with Gasteiger partial charge in [-0.25, -0.2) is 15.0 Å². The first kappa shape index (κ1) is 21.2. The van der Waals surface area contributed by atoms with Gasteiger partial charge in [-0.2, -0.15) is 0 Å². The number of hydrogen-bond donors (Lipinski definition) is 1. The van der Waals surface area contributed by atoms with Crippen LogP contribution in [-0.4, -0.2) is 33.7 Å². The number of hydrogen-bond acceptors (Lipinski definition) is 7. The van der Waals surface area contributed by atoms with Crippen molar-refractivity contribution in [1.29, 1.82) is 0 Å². The number of methoxy groups -OCH3 is 2. The van der Waals surface area contributed by atoms with Crippen molar-refractivity contribution in [1.82, 2.24) is 19.5 Å². The SMILES string of the molecule is COc1ccc(CN(Cc2ccc(OC)cc2)c2cc(-n3cc(C)nc3N)ncn2)cc1. The molecule has 4 rings (SSSR count). The molecule has 2 aromatic carbocycles.